The van der Waals surface area contributed by atoms with Gasteiger partial charge in [-0.05, 0) is 32.1 Å². The van der Waals surface area contributed by atoms with Gasteiger partial charge in [0.15, 0.2) is 0 Å². The van der Waals surface area contributed by atoms with Gasteiger partial charge in [0.25, 0.3) is 0 Å². The molecular weight excluding hydrogens is 755 g/mol. The number of hydrogen-bond donors (Lipinski definition) is 3. The number of esters is 1. The normalized spacial score (nSPS) is 12.7. The van der Waals surface area contributed by atoms with Crippen molar-refractivity contribution < 1.29 is 24.5 Å². The number of allylic oxidation sites excluding steroid dienone is 1. The molecule has 2 unspecified atom stereocenters. The van der Waals surface area contributed by atoms with Gasteiger partial charge in [0.1, 0.15) is 0 Å². The molecule has 3 N–H and O–H groups in total. The number of aliphatic hydroxyl groups excluding tert-OH is 2. The Morgan fingerprint density at radius 2 is 0.754 bits per heavy atom. The van der Waals surface area contributed by atoms with Crippen molar-refractivity contribution >= 4 is 11.9 Å². The Morgan fingerprint density at radius 1 is 0.443 bits per heavy atom. The highest BCUT2D eigenvalue weighted by atomic mass is 16.5. The fourth-order valence-corrected chi connectivity index (χ4v) is 8.58. The second-order valence-electron chi connectivity index (χ2n) is 18.9. The molecular formula is C55H107NO5. The van der Waals surface area contributed by atoms with E-state index in [9.17, 15) is 19.8 Å². The van der Waals surface area contributed by atoms with Crippen LogP contribution in [0.1, 0.15) is 303 Å². The number of hydrogen-bond acceptors (Lipinski definition) is 5. The third-order valence-electron chi connectivity index (χ3n) is 12.8. The SMILES string of the molecule is CCCCCCCCCCCCCCC/C=C/C(O)C(CO)NC(=O)CCCCCCCCCCCCCOC(=O)CCCCCCCCCCCCCCCCCCCC. The summed E-state index contributed by atoms with van der Waals surface area (Å²) in [7, 11) is 0. The molecule has 2 atom stereocenters. The van der Waals surface area contributed by atoms with E-state index in [-0.39, 0.29) is 18.5 Å². The summed E-state index contributed by atoms with van der Waals surface area (Å²) in [5.41, 5.74) is 0. The summed E-state index contributed by atoms with van der Waals surface area (Å²) in [6, 6.07) is -0.640. The van der Waals surface area contributed by atoms with E-state index in [1.165, 1.54) is 218 Å². The average Bonchev–Trinajstić information content (AvgIpc) is 3.26. The van der Waals surface area contributed by atoms with Gasteiger partial charge in [0, 0.05) is 12.8 Å². The number of amides is 1. The molecule has 0 aliphatic heterocycles. The Hall–Kier alpha value is -1.40. The fraction of sp³-hybridized carbons (Fsp3) is 0.927. The predicted molar refractivity (Wildman–Crippen MR) is 264 cm³/mol. The number of nitrogens with one attached hydrogen (secondary N) is 1. The molecule has 0 heterocycles. The van der Waals surface area contributed by atoms with Gasteiger partial charge in [0.2, 0.25) is 5.91 Å². The summed E-state index contributed by atoms with van der Waals surface area (Å²) in [5.74, 6) is -0.0954. The van der Waals surface area contributed by atoms with Crippen LogP contribution in [0, 0.1) is 0 Å². The Kier molecular flexibility index (Phi) is 50.1. The number of unbranched alkanes of at least 4 members (excludes halogenated alkanes) is 40. The zero-order valence-electron chi connectivity index (χ0n) is 41.2. The van der Waals surface area contributed by atoms with Crippen molar-refractivity contribution in [3.8, 4) is 0 Å². The molecule has 0 spiro atoms. The summed E-state index contributed by atoms with van der Waals surface area (Å²) < 4.78 is 5.47. The largest absolute Gasteiger partial charge is 0.466 e. The number of carbonyl (C=O) groups is 2. The number of carbonyl (C=O) groups excluding carboxylic acids is 2. The van der Waals surface area contributed by atoms with Gasteiger partial charge in [-0.25, -0.2) is 0 Å². The lowest BCUT2D eigenvalue weighted by atomic mass is 10.0. The minimum absolute atomic E-state index is 0.0107. The van der Waals surface area contributed by atoms with Crippen LogP contribution in [0.25, 0.3) is 0 Å². The van der Waals surface area contributed by atoms with E-state index in [1.54, 1.807) is 6.08 Å². The molecule has 1 amide bonds. The standard InChI is InChI=1S/C55H107NO5/c1-3-5-7-9-11-13-15-17-19-20-21-23-25-29-33-37-41-45-49-55(60)61-50-46-42-38-34-30-26-28-32-36-40-44-48-54(59)56-52(51-57)53(58)47-43-39-35-31-27-24-22-18-16-14-12-10-8-6-4-2/h43,47,52-53,57-58H,3-42,44-46,48-51H2,1-2H3,(H,56,59)/b47-43+. The van der Waals surface area contributed by atoms with Crippen LogP contribution in [0.4, 0.5) is 0 Å². The van der Waals surface area contributed by atoms with Crippen molar-refractivity contribution in [2.75, 3.05) is 13.2 Å². The molecule has 0 radical (unpaired) electrons. The summed E-state index contributed by atoms with van der Waals surface area (Å²) in [4.78, 5) is 24.5. The van der Waals surface area contributed by atoms with Gasteiger partial charge in [-0.3, -0.25) is 9.59 Å². The Morgan fingerprint density at radius 3 is 1.11 bits per heavy atom. The van der Waals surface area contributed by atoms with Gasteiger partial charge in [-0.2, -0.15) is 0 Å². The predicted octanol–water partition coefficient (Wildman–Crippen LogP) is 16.5. The smallest absolute Gasteiger partial charge is 0.305 e. The maximum Gasteiger partial charge on any atom is 0.305 e. The third-order valence-corrected chi connectivity index (χ3v) is 12.8. The zero-order valence-corrected chi connectivity index (χ0v) is 41.2. The first-order chi connectivity index (χ1) is 30.0. The van der Waals surface area contributed by atoms with Crippen molar-refractivity contribution in [3.63, 3.8) is 0 Å². The van der Waals surface area contributed by atoms with Crippen LogP contribution in [0.15, 0.2) is 12.2 Å². The van der Waals surface area contributed by atoms with E-state index in [4.69, 9.17) is 4.74 Å². The molecule has 0 aliphatic carbocycles. The molecule has 6 nitrogen and oxygen atoms in total. The first-order valence-corrected chi connectivity index (χ1v) is 27.5. The Bertz CT molecular complexity index is 909. The maximum atomic E-state index is 12.4. The zero-order chi connectivity index (χ0) is 44.4. The molecule has 0 fully saturated rings. The first-order valence-electron chi connectivity index (χ1n) is 27.5. The summed E-state index contributed by atoms with van der Waals surface area (Å²) in [6.07, 6.45) is 59.3. The van der Waals surface area contributed by atoms with E-state index < -0.39 is 12.1 Å². The molecule has 61 heavy (non-hydrogen) atoms. The first kappa shape index (κ1) is 59.6. The van der Waals surface area contributed by atoms with Crippen molar-refractivity contribution in [2.24, 2.45) is 0 Å². The van der Waals surface area contributed by atoms with E-state index in [2.05, 4.69) is 19.2 Å². The molecule has 6 heteroatoms. The van der Waals surface area contributed by atoms with Gasteiger partial charge >= 0.3 is 5.97 Å². The van der Waals surface area contributed by atoms with Gasteiger partial charge in [-0.15, -0.1) is 0 Å². The minimum atomic E-state index is -0.855. The molecule has 0 rings (SSSR count). The fourth-order valence-electron chi connectivity index (χ4n) is 8.58. The average molecular weight is 862 g/mol. The summed E-state index contributed by atoms with van der Waals surface area (Å²) in [6.45, 7) is 4.88. The van der Waals surface area contributed by atoms with Crippen LogP contribution in [0.2, 0.25) is 0 Å². The minimum Gasteiger partial charge on any atom is -0.466 e. The topological polar surface area (TPSA) is 95.9 Å². The van der Waals surface area contributed by atoms with Crippen molar-refractivity contribution in [1.29, 1.82) is 0 Å². The molecule has 362 valence electrons. The molecule has 0 aromatic carbocycles. The monoisotopic (exact) mass is 862 g/mol. The van der Waals surface area contributed by atoms with Crippen LogP contribution in [-0.2, 0) is 14.3 Å². The van der Waals surface area contributed by atoms with Crippen LogP contribution in [0.5, 0.6) is 0 Å². The number of rotatable bonds is 51. The summed E-state index contributed by atoms with van der Waals surface area (Å²) >= 11 is 0. The van der Waals surface area contributed by atoms with Gasteiger partial charge in [0.05, 0.1) is 25.4 Å². The molecule has 0 saturated carbocycles. The van der Waals surface area contributed by atoms with Crippen molar-refractivity contribution in [2.45, 2.75) is 315 Å². The quantitative estimate of drug-likeness (QED) is 0.0322. The lowest BCUT2D eigenvalue weighted by Crippen LogP contribution is -2.45. The van der Waals surface area contributed by atoms with E-state index in [1.807, 2.05) is 6.08 Å². The van der Waals surface area contributed by atoms with Crippen LogP contribution in [0.3, 0.4) is 0 Å². The second-order valence-corrected chi connectivity index (χ2v) is 18.9. The molecule has 0 aromatic heterocycles. The molecule has 0 saturated heterocycles. The van der Waals surface area contributed by atoms with Crippen molar-refractivity contribution in [1.82, 2.24) is 5.32 Å². The summed E-state index contributed by atoms with van der Waals surface area (Å²) in [5, 5.41) is 23.1. The highest BCUT2D eigenvalue weighted by molar-refractivity contribution is 5.76. The van der Waals surface area contributed by atoms with E-state index in [0.717, 1.165) is 57.8 Å². The van der Waals surface area contributed by atoms with Crippen LogP contribution in [-0.4, -0.2) is 47.4 Å². The van der Waals surface area contributed by atoms with E-state index >= 15 is 0 Å². The lowest BCUT2D eigenvalue weighted by Gasteiger charge is -2.20. The molecule has 0 aromatic rings. The van der Waals surface area contributed by atoms with E-state index in [0.29, 0.717) is 19.4 Å². The molecule has 0 aliphatic rings. The van der Waals surface area contributed by atoms with Crippen LogP contribution >= 0.6 is 0 Å². The van der Waals surface area contributed by atoms with Gasteiger partial charge < -0.3 is 20.3 Å². The van der Waals surface area contributed by atoms with Crippen LogP contribution < -0.4 is 5.32 Å². The number of aliphatic hydroxyl groups is 2. The Balaban J connectivity index is 3.46. The number of ether oxygens (including phenoxy) is 1. The third kappa shape index (κ3) is 47.9. The maximum absolute atomic E-state index is 12.4. The highest BCUT2D eigenvalue weighted by Crippen LogP contribution is 2.17. The van der Waals surface area contributed by atoms with Gasteiger partial charge in [-0.1, -0.05) is 270 Å². The second kappa shape index (κ2) is 51.2. The Labute approximate surface area is 380 Å². The lowest BCUT2D eigenvalue weighted by molar-refractivity contribution is -0.143. The molecule has 0 bridgehead atoms. The van der Waals surface area contributed by atoms with Crippen molar-refractivity contribution in [3.05, 3.63) is 12.2 Å². The highest BCUT2D eigenvalue weighted by Gasteiger charge is 2.18.